The predicted molar refractivity (Wildman–Crippen MR) is 86.0 cm³/mol. The number of carbonyl (C=O) groups is 2. The molecule has 7 heteroatoms. The Morgan fingerprint density at radius 3 is 2.64 bits per heavy atom. The minimum absolute atomic E-state index is 0.266. The number of hydrogen-bond acceptors (Lipinski definition) is 3. The second kappa shape index (κ2) is 5.92. The van der Waals surface area contributed by atoms with Crippen LogP contribution in [-0.4, -0.2) is 26.8 Å². The number of hydrogen-bond donors (Lipinski definition) is 2. The van der Waals surface area contributed by atoms with Gasteiger partial charge in [-0.25, -0.2) is 4.79 Å². The molecule has 0 fully saturated rings. The zero-order valence-corrected chi connectivity index (χ0v) is 14.0. The molecule has 0 radical (unpaired) electrons. The van der Waals surface area contributed by atoms with E-state index < -0.39 is 11.5 Å². The summed E-state index contributed by atoms with van der Waals surface area (Å²) in [5, 5.41) is 15.9. The van der Waals surface area contributed by atoms with Gasteiger partial charge in [-0.15, -0.1) is 0 Å². The van der Waals surface area contributed by atoms with Crippen molar-refractivity contribution >= 4 is 33.5 Å². The van der Waals surface area contributed by atoms with Crippen molar-refractivity contribution in [2.75, 3.05) is 5.32 Å². The highest BCUT2D eigenvalue weighted by Gasteiger charge is 2.30. The predicted octanol–water partition coefficient (Wildman–Crippen LogP) is 3.03. The molecule has 0 spiro atoms. The van der Waals surface area contributed by atoms with Crippen LogP contribution in [0.3, 0.4) is 0 Å². The van der Waals surface area contributed by atoms with Crippen LogP contribution in [0.25, 0.3) is 0 Å². The molecule has 116 valence electrons. The van der Waals surface area contributed by atoms with Crippen LogP contribution in [0.4, 0.5) is 5.69 Å². The molecule has 1 aromatic carbocycles. The van der Waals surface area contributed by atoms with Crippen molar-refractivity contribution in [1.29, 1.82) is 0 Å². The van der Waals surface area contributed by atoms with Crippen LogP contribution >= 0.6 is 15.9 Å². The van der Waals surface area contributed by atoms with Crippen LogP contribution in [0.1, 0.15) is 29.8 Å². The number of halogens is 1. The molecule has 6 nitrogen and oxygen atoms in total. The molecule has 2 aromatic rings. The molecule has 0 aliphatic heterocycles. The lowest BCUT2D eigenvalue weighted by Gasteiger charge is -2.19. The van der Waals surface area contributed by atoms with E-state index in [4.69, 9.17) is 0 Å². The number of amides is 1. The van der Waals surface area contributed by atoms with Crippen LogP contribution in [0.5, 0.6) is 0 Å². The van der Waals surface area contributed by atoms with Crippen LogP contribution in [0.15, 0.2) is 35.1 Å². The number of nitrogens with zero attached hydrogens (tertiary/aromatic N) is 2. The molecule has 2 rings (SSSR count). The van der Waals surface area contributed by atoms with Gasteiger partial charge < -0.3 is 10.4 Å². The summed E-state index contributed by atoms with van der Waals surface area (Å²) in [5.41, 5.74) is 0.650. The normalized spacial score (nSPS) is 11.3. The van der Waals surface area contributed by atoms with Gasteiger partial charge in [0.15, 0.2) is 5.54 Å². The fourth-order valence-corrected chi connectivity index (χ4v) is 2.35. The SMILES string of the molecule is Cc1cc(Br)ccc1C(=O)Nc1cnn(C(C)(C)C(=O)O)c1. The zero-order chi connectivity index (χ0) is 16.5. The maximum atomic E-state index is 12.3. The van der Waals surface area contributed by atoms with Crippen molar-refractivity contribution in [2.45, 2.75) is 26.3 Å². The van der Waals surface area contributed by atoms with Crippen LogP contribution in [0, 0.1) is 6.92 Å². The molecule has 2 N–H and O–H groups in total. The highest BCUT2D eigenvalue weighted by Crippen LogP contribution is 2.20. The minimum atomic E-state index is -1.18. The van der Waals surface area contributed by atoms with E-state index in [0.29, 0.717) is 11.3 Å². The average Bonchev–Trinajstić information content (AvgIpc) is 2.87. The Kier molecular flexibility index (Phi) is 4.37. The lowest BCUT2D eigenvalue weighted by Crippen LogP contribution is -2.35. The van der Waals surface area contributed by atoms with Crippen LogP contribution in [-0.2, 0) is 10.3 Å². The minimum Gasteiger partial charge on any atom is -0.479 e. The van der Waals surface area contributed by atoms with Gasteiger partial charge in [0.05, 0.1) is 11.9 Å². The number of nitrogens with one attached hydrogen (secondary N) is 1. The second-order valence-electron chi connectivity index (χ2n) is 5.45. The van der Waals surface area contributed by atoms with Crippen molar-refractivity contribution < 1.29 is 14.7 Å². The Hall–Kier alpha value is -2.15. The zero-order valence-electron chi connectivity index (χ0n) is 12.4. The van der Waals surface area contributed by atoms with Gasteiger partial charge in [-0.1, -0.05) is 15.9 Å². The van der Waals surface area contributed by atoms with Crippen molar-refractivity contribution in [3.8, 4) is 0 Å². The third-order valence-electron chi connectivity index (χ3n) is 3.37. The average molecular weight is 366 g/mol. The van der Waals surface area contributed by atoms with E-state index in [9.17, 15) is 14.7 Å². The number of rotatable bonds is 4. The topological polar surface area (TPSA) is 84.2 Å². The number of anilines is 1. The first-order chi connectivity index (χ1) is 10.2. The van der Waals surface area contributed by atoms with Crippen molar-refractivity contribution in [3.05, 3.63) is 46.2 Å². The number of carbonyl (C=O) groups excluding carboxylic acids is 1. The smallest absolute Gasteiger partial charge is 0.331 e. The molecule has 0 saturated heterocycles. The summed E-state index contributed by atoms with van der Waals surface area (Å²) < 4.78 is 2.21. The second-order valence-corrected chi connectivity index (χ2v) is 6.37. The highest BCUT2D eigenvalue weighted by atomic mass is 79.9. The number of benzene rings is 1. The molecule has 0 saturated carbocycles. The molecular formula is C15H16BrN3O3. The quantitative estimate of drug-likeness (QED) is 0.871. The Morgan fingerprint density at radius 1 is 1.36 bits per heavy atom. The summed E-state index contributed by atoms with van der Waals surface area (Å²) in [5.74, 6) is -1.27. The van der Waals surface area contributed by atoms with Gasteiger partial charge in [0.25, 0.3) is 5.91 Å². The molecule has 0 aliphatic rings. The maximum Gasteiger partial charge on any atom is 0.331 e. The first-order valence-electron chi connectivity index (χ1n) is 6.58. The van der Waals surface area contributed by atoms with E-state index in [1.807, 2.05) is 13.0 Å². The molecule has 1 aromatic heterocycles. The number of carboxylic acid groups (broad SMARTS) is 1. The summed E-state index contributed by atoms with van der Waals surface area (Å²) >= 11 is 3.35. The maximum absolute atomic E-state index is 12.3. The summed E-state index contributed by atoms with van der Waals surface area (Å²) in [6, 6.07) is 5.37. The van der Waals surface area contributed by atoms with Gasteiger partial charge in [0.1, 0.15) is 0 Å². The largest absolute Gasteiger partial charge is 0.479 e. The molecule has 0 unspecified atom stereocenters. The van der Waals surface area contributed by atoms with E-state index >= 15 is 0 Å². The number of aromatic nitrogens is 2. The molecule has 0 aliphatic carbocycles. The lowest BCUT2D eigenvalue weighted by molar-refractivity contribution is -0.146. The Morgan fingerprint density at radius 2 is 2.05 bits per heavy atom. The molecular weight excluding hydrogens is 350 g/mol. The third kappa shape index (κ3) is 3.19. The van der Waals surface area contributed by atoms with E-state index in [0.717, 1.165) is 10.0 Å². The molecule has 22 heavy (non-hydrogen) atoms. The summed E-state index contributed by atoms with van der Waals surface area (Å²) in [6.07, 6.45) is 2.93. The van der Waals surface area contributed by atoms with E-state index in [1.54, 1.807) is 12.1 Å². The van der Waals surface area contributed by atoms with Gasteiger partial charge in [-0.2, -0.15) is 5.10 Å². The lowest BCUT2D eigenvalue weighted by atomic mass is 10.1. The number of aryl methyl sites for hydroxylation is 1. The molecule has 1 heterocycles. The van der Waals surface area contributed by atoms with Crippen LogP contribution < -0.4 is 5.32 Å². The number of aliphatic carboxylic acids is 1. The van der Waals surface area contributed by atoms with Gasteiger partial charge in [-0.05, 0) is 44.5 Å². The van der Waals surface area contributed by atoms with Gasteiger partial charge in [0, 0.05) is 16.2 Å². The third-order valence-corrected chi connectivity index (χ3v) is 3.86. The van der Waals surface area contributed by atoms with Gasteiger partial charge >= 0.3 is 5.97 Å². The number of carboxylic acids is 1. The van der Waals surface area contributed by atoms with E-state index in [1.165, 1.54) is 30.9 Å². The Labute approximate surface area is 136 Å². The first-order valence-corrected chi connectivity index (χ1v) is 7.37. The van der Waals surface area contributed by atoms with E-state index in [2.05, 4.69) is 26.3 Å². The fourth-order valence-electron chi connectivity index (χ4n) is 1.87. The Balaban J connectivity index is 2.20. The molecule has 0 atom stereocenters. The highest BCUT2D eigenvalue weighted by molar-refractivity contribution is 9.10. The van der Waals surface area contributed by atoms with Crippen molar-refractivity contribution in [1.82, 2.24) is 9.78 Å². The van der Waals surface area contributed by atoms with Crippen LogP contribution in [0.2, 0.25) is 0 Å². The standard InChI is InChI=1S/C15H16BrN3O3/c1-9-6-10(16)4-5-12(9)13(20)18-11-7-17-19(8-11)15(2,3)14(21)22/h4-8H,1-3H3,(H,18,20)(H,21,22). The van der Waals surface area contributed by atoms with Crippen molar-refractivity contribution in [3.63, 3.8) is 0 Å². The molecule has 1 amide bonds. The van der Waals surface area contributed by atoms with Crippen molar-refractivity contribution in [2.24, 2.45) is 0 Å². The van der Waals surface area contributed by atoms with Gasteiger partial charge in [-0.3, -0.25) is 9.48 Å². The monoisotopic (exact) mass is 365 g/mol. The molecule has 0 bridgehead atoms. The van der Waals surface area contributed by atoms with Gasteiger partial charge in [0.2, 0.25) is 0 Å². The first kappa shape index (κ1) is 16.2. The summed E-state index contributed by atoms with van der Waals surface area (Å²) in [6.45, 7) is 4.91. The van der Waals surface area contributed by atoms with E-state index in [-0.39, 0.29) is 5.91 Å². The fraction of sp³-hybridized carbons (Fsp3) is 0.267. The Bertz CT molecular complexity index is 737. The summed E-state index contributed by atoms with van der Waals surface area (Å²) in [4.78, 5) is 23.5. The summed E-state index contributed by atoms with van der Waals surface area (Å²) in [7, 11) is 0.